The summed E-state index contributed by atoms with van der Waals surface area (Å²) in [6.45, 7) is 8.88. The maximum Gasteiger partial charge on any atom is 0.0811 e. The van der Waals surface area contributed by atoms with Gasteiger partial charge in [-0.25, -0.2) is 0 Å². The van der Waals surface area contributed by atoms with E-state index in [0.717, 1.165) is 17.6 Å². The quantitative estimate of drug-likeness (QED) is 0.551. The van der Waals surface area contributed by atoms with Gasteiger partial charge in [-0.2, -0.15) is 0 Å². The highest BCUT2D eigenvalue weighted by Crippen LogP contribution is 2.59. The molecule has 4 aliphatic carbocycles. The van der Waals surface area contributed by atoms with Crippen LogP contribution in [0.1, 0.15) is 71.6 Å². The van der Waals surface area contributed by atoms with Gasteiger partial charge in [0.25, 0.3) is 0 Å². The molecule has 0 amide bonds. The molecule has 0 aliphatic heterocycles. The molecule has 4 rings (SSSR count). The second kappa shape index (κ2) is 8.76. The first-order valence-corrected chi connectivity index (χ1v) is 12.1. The van der Waals surface area contributed by atoms with Crippen molar-refractivity contribution in [3.05, 3.63) is 47.6 Å². The lowest BCUT2D eigenvalue weighted by Crippen LogP contribution is -2.35. The Labute approximate surface area is 182 Å². The summed E-state index contributed by atoms with van der Waals surface area (Å²) in [5.74, 6) is 2.28. The molecule has 0 radical (unpaired) electrons. The number of allylic oxidation sites excluding steroid dienone is 4. The Kier molecular flexibility index (Phi) is 6.44. The number of hydrogen-bond donors (Lipinski definition) is 3. The predicted octanol–water partition coefficient (Wildman–Crippen LogP) is 5.09. The highest BCUT2D eigenvalue weighted by atomic mass is 16.3. The Hall–Kier alpha value is -1.16. The normalized spacial score (nSPS) is 42.1. The van der Waals surface area contributed by atoms with E-state index in [1.165, 1.54) is 44.1 Å². The summed E-state index contributed by atoms with van der Waals surface area (Å²) in [5, 5.41) is 30.4. The van der Waals surface area contributed by atoms with Crippen molar-refractivity contribution in [1.29, 1.82) is 0 Å². The summed E-state index contributed by atoms with van der Waals surface area (Å²) in [6, 6.07) is 0. The van der Waals surface area contributed by atoms with Gasteiger partial charge >= 0.3 is 0 Å². The smallest absolute Gasteiger partial charge is 0.0811 e. The maximum absolute atomic E-state index is 10.2. The van der Waals surface area contributed by atoms with Crippen molar-refractivity contribution in [2.45, 2.75) is 89.9 Å². The average Bonchev–Trinajstić information content (AvgIpc) is 3.49. The second-order valence-electron chi connectivity index (χ2n) is 10.7. The zero-order valence-electron chi connectivity index (χ0n) is 18.8. The first-order chi connectivity index (χ1) is 14.3. The molecule has 0 heterocycles. The summed E-state index contributed by atoms with van der Waals surface area (Å²) < 4.78 is 0. The van der Waals surface area contributed by atoms with Gasteiger partial charge in [-0.05, 0) is 91.6 Å². The SMILES string of the molecule is C=C1/C(=C\C=C2\CCC[C@]3(C)[C@@H]([C@H](C)/C=C/C(O)C4CC4)CC[C@@H]23)CC(O)C[C@@H]1O. The van der Waals surface area contributed by atoms with Crippen LogP contribution in [0.25, 0.3) is 0 Å². The van der Waals surface area contributed by atoms with Crippen molar-refractivity contribution < 1.29 is 15.3 Å². The molecule has 2 unspecified atom stereocenters. The van der Waals surface area contributed by atoms with E-state index in [1.54, 1.807) is 0 Å². The van der Waals surface area contributed by atoms with Crippen molar-refractivity contribution in [3.63, 3.8) is 0 Å². The van der Waals surface area contributed by atoms with E-state index in [4.69, 9.17) is 0 Å². The minimum absolute atomic E-state index is 0.250. The summed E-state index contributed by atoms with van der Waals surface area (Å²) in [4.78, 5) is 0. The molecule has 30 heavy (non-hydrogen) atoms. The van der Waals surface area contributed by atoms with Crippen molar-refractivity contribution in [3.8, 4) is 0 Å². The van der Waals surface area contributed by atoms with Gasteiger partial charge in [0.1, 0.15) is 0 Å². The first-order valence-electron chi connectivity index (χ1n) is 12.1. The van der Waals surface area contributed by atoms with Crippen molar-refractivity contribution in [1.82, 2.24) is 0 Å². The third-order valence-electron chi connectivity index (χ3n) is 8.65. The Morgan fingerprint density at radius 3 is 2.60 bits per heavy atom. The summed E-state index contributed by atoms with van der Waals surface area (Å²) in [7, 11) is 0. The summed E-state index contributed by atoms with van der Waals surface area (Å²) in [5.41, 5.74) is 3.63. The van der Waals surface area contributed by atoms with E-state index in [9.17, 15) is 15.3 Å². The van der Waals surface area contributed by atoms with Gasteiger partial charge in [-0.3, -0.25) is 0 Å². The van der Waals surface area contributed by atoms with Crippen molar-refractivity contribution in [2.75, 3.05) is 0 Å². The lowest BCUT2D eigenvalue weighted by atomic mass is 9.61. The number of aliphatic hydroxyl groups is 3. The van der Waals surface area contributed by atoms with Gasteiger partial charge in [-0.15, -0.1) is 0 Å². The van der Waals surface area contributed by atoms with Crippen LogP contribution in [0.5, 0.6) is 0 Å². The lowest BCUT2D eigenvalue weighted by Gasteiger charge is -2.44. The molecule has 166 valence electrons. The van der Waals surface area contributed by atoms with Crippen molar-refractivity contribution >= 4 is 0 Å². The Morgan fingerprint density at radius 2 is 1.87 bits per heavy atom. The van der Waals surface area contributed by atoms with Gasteiger partial charge in [-0.1, -0.05) is 50.3 Å². The van der Waals surface area contributed by atoms with E-state index in [1.807, 2.05) is 0 Å². The first kappa shape index (κ1) is 22.0. The van der Waals surface area contributed by atoms with Gasteiger partial charge in [0.15, 0.2) is 0 Å². The third-order valence-corrected chi connectivity index (χ3v) is 8.65. The third kappa shape index (κ3) is 4.40. The minimum Gasteiger partial charge on any atom is -0.393 e. The number of fused-ring (bicyclic) bond motifs is 1. The Morgan fingerprint density at radius 1 is 1.10 bits per heavy atom. The molecule has 4 fully saturated rings. The van der Waals surface area contributed by atoms with Crippen LogP contribution < -0.4 is 0 Å². The minimum atomic E-state index is -0.621. The van der Waals surface area contributed by atoms with E-state index >= 15 is 0 Å². The lowest BCUT2D eigenvalue weighted by molar-refractivity contribution is 0.0862. The molecule has 0 aromatic heterocycles. The molecular weight excluding hydrogens is 372 g/mol. The molecule has 0 spiro atoms. The van der Waals surface area contributed by atoms with Crippen molar-refractivity contribution in [2.24, 2.45) is 29.1 Å². The standard InChI is InChI=1S/C27H40O3/c1-17(6-13-25(29)20-8-9-20)23-11-12-24-19(5-4-14-27(23,24)3)7-10-21-15-22(28)16-26(30)18(21)2/h6-7,10,13,17,20,22-26,28-30H,2,4-5,8-9,11-12,14-16H2,1,3H3/b13-6+,19-7-,21-10-/t17-,22?,23-,24+,25?,26+,27-/m1/s1. The fourth-order valence-corrected chi connectivity index (χ4v) is 6.63. The predicted molar refractivity (Wildman–Crippen MR) is 122 cm³/mol. The molecule has 0 bridgehead atoms. The molecule has 7 atom stereocenters. The molecule has 3 N–H and O–H groups in total. The number of aliphatic hydroxyl groups excluding tert-OH is 3. The molecule has 4 aliphatic rings. The molecule has 3 heteroatoms. The van der Waals surface area contributed by atoms with E-state index < -0.39 is 12.2 Å². The van der Waals surface area contributed by atoms with Gasteiger partial charge in [0, 0.05) is 6.42 Å². The zero-order chi connectivity index (χ0) is 21.5. The average molecular weight is 413 g/mol. The monoisotopic (exact) mass is 412 g/mol. The zero-order valence-corrected chi connectivity index (χ0v) is 18.8. The van der Waals surface area contributed by atoms with Crippen LogP contribution in [0, 0.1) is 29.1 Å². The van der Waals surface area contributed by atoms with Crippen LogP contribution >= 0.6 is 0 Å². The van der Waals surface area contributed by atoms with Crippen LogP contribution in [0.3, 0.4) is 0 Å². The molecule has 4 saturated carbocycles. The Balaban J connectivity index is 1.48. The van der Waals surface area contributed by atoms with Crippen LogP contribution in [-0.2, 0) is 0 Å². The maximum atomic E-state index is 10.2. The molecule has 3 nitrogen and oxygen atoms in total. The fourth-order valence-electron chi connectivity index (χ4n) is 6.63. The van der Waals surface area contributed by atoms with E-state index in [2.05, 4.69) is 44.7 Å². The topological polar surface area (TPSA) is 60.7 Å². The highest BCUT2D eigenvalue weighted by molar-refractivity contribution is 5.38. The molecular formula is C27H40O3. The van der Waals surface area contributed by atoms with E-state index in [-0.39, 0.29) is 6.10 Å². The fraction of sp³-hybridized carbons (Fsp3) is 0.704. The number of hydrogen-bond acceptors (Lipinski definition) is 3. The largest absolute Gasteiger partial charge is 0.393 e. The van der Waals surface area contributed by atoms with Crippen LogP contribution in [0.15, 0.2) is 47.6 Å². The molecule has 0 saturated heterocycles. The van der Waals surface area contributed by atoms with Crippen LogP contribution in [0.2, 0.25) is 0 Å². The molecule has 0 aromatic carbocycles. The molecule has 0 aromatic rings. The van der Waals surface area contributed by atoms with Gasteiger partial charge < -0.3 is 15.3 Å². The van der Waals surface area contributed by atoms with Crippen LogP contribution in [0.4, 0.5) is 0 Å². The van der Waals surface area contributed by atoms with Gasteiger partial charge in [0.2, 0.25) is 0 Å². The van der Waals surface area contributed by atoms with E-state index in [0.29, 0.717) is 41.9 Å². The van der Waals surface area contributed by atoms with Gasteiger partial charge in [0.05, 0.1) is 18.3 Å². The number of rotatable bonds is 5. The summed E-state index contributed by atoms with van der Waals surface area (Å²) >= 11 is 0. The Bertz CT molecular complexity index is 743. The summed E-state index contributed by atoms with van der Waals surface area (Å²) in [6.07, 6.45) is 16.9. The highest BCUT2D eigenvalue weighted by Gasteiger charge is 2.50. The van der Waals surface area contributed by atoms with Crippen LogP contribution in [-0.4, -0.2) is 33.6 Å². The second-order valence-corrected chi connectivity index (χ2v) is 10.7.